The SMILES string of the molecule is Cc1cc(O)c(C2=CC(c3c(O)cc(C)cc3O)=NN(c3c(O)cc(C)cc3O)N2)c(O)c1. The van der Waals surface area contributed by atoms with E-state index < -0.39 is 0 Å². The average Bonchev–Trinajstić information content (AvgIpc) is 2.65. The van der Waals surface area contributed by atoms with Crippen LogP contribution in [-0.4, -0.2) is 36.4 Å². The first-order valence-electron chi connectivity index (χ1n) is 10.0. The summed E-state index contributed by atoms with van der Waals surface area (Å²) in [4.78, 5) is 0. The van der Waals surface area contributed by atoms with Crippen LogP contribution in [0.25, 0.3) is 5.70 Å². The van der Waals surface area contributed by atoms with Crippen molar-refractivity contribution in [2.75, 3.05) is 5.12 Å². The Morgan fingerprint density at radius 2 is 1.00 bits per heavy atom. The predicted octanol–water partition coefficient (Wildman–Crippen LogP) is 3.62. The number of phenols is 6. The largest absolute Gasteiger partial charge is 0.507 e. The maximum Gasteiger partial charge on any atom is 0.167 e. The molecule has 0 unspecified atom stereocenters. The first-order valence-corrected chi connectivity index (χ1v) is 10.0. The summed E-state index contributed by atoms with van der Waals surface area (Å²) in [5.41, 5.74) is 4.76. The number of phenolic OH excluding ortho intramolecular Hbond substituents is 6. The number of hydrazone groups is 1. The fraction of sp³-hybridized carbons (Fsp3) is 0.125. The molecule has 3 aromatic carbocycles. The third-order valence-electron chi connectivity index (χ3n) is 5.15. The van der Waals surface area contributed by atoms with Gasteiger partial charge in [0.1, 0.15) is 40.2 Å². The van der Waals surface area contributed by atoms with Crippen LogP contribution in [0, 0.1) is 20.8 Å². The van der Waals surface area contributed by atoms with Gasteiger partial charge in [0.15, 0.2) is 5.69 Å². The van der Waals surface area contributed by atoms with Gasteiger partial charge in [0, 0.05) is 0 Å². The van der Waals surface area contributed by atoms with Gasteiger partial charge in [-0.25, -0.2) is 0 Å². The van der Waals surface area contributed by atoms with Gasteiger partial charge in [-0.3, -0.25) is 5.43 Å². The van der Waals surface area contributed by atoms with Gasteiger partial charge in [0.05, 0.1) is 16.8 Å². The molecule has 0 aliphatic carbocycles. The van der Waals surface area contributed by atoms with Crippen molar-refractivity contribution in [1.82, 2.24) is 5.43 Å². The molecular formula is C24H23N3O6. The highest BCUT2D eigenvalue weighted by molar-refractivity contribution is 6.16. The number of anilines is 1. The van der Waals surface area contributed by atoms with Crippen molar-refractivity contribution in [2.24, 2.45) is 5.10 Å². The maximum atomic E-state index is 10.5. The van der Waals surface area contributed by atoms with Gasteiger partial charge in [-0.2, -0.15) is 10.2 Å². The number of nitrogens with one attached hydrogen (secondary N) is 1. The fourth-order valence-corrected chi connectivity index (χ4v) is 3.79. The average molecular weight is 449 g/mol. The molecule has 3 aromatic rings. The third-order valence-corrected chi connectivity index (χ3v) is 5.15. The quantitative estimate of drug-likeness (QED) is 0.321. The zero-order chi connectivity index (χ0) is 24.0. The lowest BCUT2D eigenvalue weighted by molar-refractivity contribution is 0.443. The second-order valence-corrected chi connectivity index (χ2v) is 7.97. The van der Waals surface area contributed by atoms with Crippen LogP contribution in [0.1, 0.15) is 27.8 Å². The number of allylic oxidation sites excluding steroid dienone is 1. The summed E-state index contributed by atoms with van der Waals surface area (Å²) in [5.74, 6) is -1.56. The molecule has 33 heavy (non-hydrogen) atoms. The van der Waals surface area contributed by atoms with E-state index in [1.165, 1.54) is 42.5 Å². The van der Waals surface area contributed by atoms with Crippen molar-refractivity contribution in [1.29, 1.82) is 0 Å². The van der Waals surface area contributed by atoms with Crippen LogP contribution in [0.4, 0.5) is 5.69 Å². The number of hydrazine groups is 1. The highest BCUT2D eigenvalue weighted by Crippen LogP contribution is 2.42. The molecule has 170 valence electrons. The molecule has 0 saturated carbocycles. The molecule has 0 spiro atoms. The van der Waals surface area contributed by atoms with E-state index in [1.807, 2.05) is 0 Å². The molecule has 0 radical (unpaired) electrons. The standard InChI is InChI=1S/C24H23N3O6/c1-11-4-16(28)22(17(29)5-11)14-10-15(23-18(30)6-12(2)7-19(23)31)26-27(25-14)24-20(32)8-13(3)9-21(24)33/h4-10,25,28-33H,1-3H3. The van der Waals surface area contributed by atoms with Crippen molar-refractivity contribution in [3.05, 3.63) is 70.3 Å². The zero-order valence-corrected chi connectivity index (χ0v) is 18.1. The molecule has 9 heteroatoms. The van der Waals surface area contributed by atoms with E-state index in [1.54, 1.807) is 20.8 Å². The molecular weight excluding hydrogens is 426 g/mol. The molecule has 4 rings (SSSR count). The Morgan fingerprint density at radius 3 is 1.45 bits per heavy atom. The van der Waals surface area contributed by atoms with Crippen LogP contribution < -0.4 is 10.5 Å². The van der Waals surface area contributed by atoms with Gasteiger partial charge in [0.2, 0.25) is 0 Å². The Bertz CT molecular complexity index is 1280. The van der Waals surface area contributed by atoms with Crippen LogP contribution in [0.15, 0.2) is 47.6 Å². The van der Waals surface area contributed by atoms with Crippen molar-refractivity contribution in [3.63, 3.8) is 0 Å². The number of hydrogen-bond acceptors (Lipinski definition) is 9. The van der Waals surface area contributed by atoms with Crippen LogP contribution in [0.3, 0.4) is 0 Å². The minimum absolute atomic E-state index is 0.0122. The lowest BCUT2D eigenvalue weighted by Gasteiger charge is -2.29. The predicted molar refractivity (Wildman–Crippen MR) is 124 cm³/mol. The second kappa shape index (κ2) is 7.86. The highest BCUT2D eigenvalue weighted by Gasteiger charge is 2.27. The maximum absolute atomic E-state index is 10.5. The molecule has 0 aromatic heterocycles. The molecule has 7 N–H and O–H groups in total. The number of nitrogens with zero attached hydrogens (tertiary/aromatic N) is 2. The summed E-state index contributed by atoms with van der Waals surface area (Å²) in [6.45, 7) is 5.10. The van der Waals surface area contributed by atoms with E-state index in [0.29, 0.717) is 16.7 Å². The Labute approximate surface area is 189 Å². The van der Waals surface area contributed by atoms with Crippen LogP contribution >= 0.6 is 0 Å². The number of aromatic hydroxyl groups is 6. The van der Waals surface area contributed by atoms with Gasteiger partial charge >= 0.3 is 0 Å². The second-order valence-electron chi connectivity index (χ2n) is 7.97. The number of rotatable bonds is 3. The summed E-state index contributed by atoms with van der Waals surface area (Å²) >= 11 is 0. The molecule has 0 saturated heterocycles. The van der Waals surface area contributed by atoms with Gasteiger partial charge in [-0.1, -0.05) is 0 Å². The third kappa shape index (κ3) is 3.91. The van der Waals surface area contributed by atoms with E-state index in [9.17, 15) is 30.6 Å². The summed E-state index contributed by atoms with van der Waals surface area (Å²) in [6, 6.07) is 8.64. The van der Waals surface area contributed by atoms with Crippen LogP contribution in [0.5, 0.6) is 34.5 Å². The number of benzene rings is 3. The molecule has 0 amide bonds. The Balaban J connectivity index is 1.97. The Hall–Kier alpha value is -4.53. The van der Waals surface area contributed by atoms with Gasteiger partial charge in [0.25, 0.3) is 0 Å². The first kappa shape index (κ1) is 21.7. The molecule has 0 bridgehead atoms. The van der Waals surface area contributed by atoms with Gasteiger partial charge < -0.3 is 30.6 Å². The molecule has 0 atom stereocenters. The van der Waals surface area contributed by atoms with Crippen LogP contribution in [0.2, 0.25) is 0 Å². The molecule has 9 nitrogen and oxygen atoms in total. The van der Waals surface area contributed by atoms with E-state index in [-0.39, 0.29) is 62.7 Å². The summed E-state index contributed by atoms with van der Waals surface area (Å²) < 4.78 is 0. The number of aryl methyl sites for hydroxylation is 3. The fourth-order valence-electron chi connectivity index (χ4n) is 3.79. The highest BCUT2D eigenvalue weighted by atomic mass is 16.3. The minimum atomic E-state index is -0.293. The first-order chi connectivity index (χ1) is 15.5. The lowest BCUT2D eigenvalue weighted by atomic mass is 10.0. The smallest absolute Gasteiger partial charge is 0.167 e. The normalized spacial score (nSPS) is 13.4. The van der Waals surface area contributed by atoms with Crippen molar-refractivity contribution in [2.45, 2.75) is 20.8 Å². The van der Waals surface area contributed by atoms with Gasteiger partial charge in [-0.05, 0) is 79.9 Å². The van der Waals surface area contributed by atoms with E-state index in [4.69, 9.17) is 0 Å². The molecule has 1 aliphatic rings. The molecule has 1 heterocycles. The van der Waals surface area contributed by atoms with E-state index >= 15 is 0 Å². The van der Waals surface area contributed by atoms with Crippen molar-refractivity contribution < 1.29 is 30.6 Å². The Morgan fingerprint density at radius 1 is 0.606 bits per heavy atom. The summed E-state index contributed by atoms with van der Waals surface area (Å²) in [5, 5.41) is 68.5. The van der Waals surface area contributed by atoms with Crippen molar-refractivity contribution in [3.8, 4) is 34.5 Å². The molecule has 0 fully saturated rings. The lowest BCUT2D eigenvalue weighted by Crippen LogP contribution is -2.37. The summed E-state index contributed by atoms with van der Waals surface area (Å²) in [6.07, 6.45) is 1.41. The topological polar surface area (TPSA) is 149 Å². The van der Waals surface area contributed by atoms with Crippen LogP contribution in [-0.2, 0) is 0 Å². The monoisotopic (exact) mass is 449 g/mol. The zero-order valence-electron chi connectivity index (χ0n) is 18.1. The van der Waals surface area contributed by atoms with E-state index in [2.05, 4.69) is 10.5 Å². The van der Waals surface area contributed by atoms with Crippen molar-refractivity contribution >= 4 is 17.1 Å². The molecule has 1 aliphatic heterocycles. The van der Waals surface area contributed by atoms with Gasteiger partial charge in [-0.15, -0.1) is 0 Å². The Kier molecular flexibility index (Phi) is 5.17. The van der Waals surface area contributed by atoms with E-state index in [0.717, 1.165) is 5.12 Å². The minimum Gasteiger partial charge on any atom is -0.507 e. The summed E-state index contributed by atoms with van der Waals surface area (Å²) in [7, 11) is 0. The number of hydrogen-bond donors (Lipinski definition) is 7.